The van der Waals surface area contributed by atoms with E-state index in [1.165, 1.54) is 17.9 Å². The highest BCUT2D eigenvalue weighted by Gasteiger charge is 2.43. The van der Waals surface area contributed by atoms with Gasteiger partial charge in [-0.15, -0.1) is 0 Å². The summed E-state index contributed by atoms with van der Waals surface area (Å²) in [6, 6.07) is 33.6. The van der Waals surface area contributed by atoms with Crippen LogP contribution < -0.4 is 43.1 Å². The largest absolute Gasteiger partial charge is 0.497 e. The molecule has 3 atom stereocenters. The van der Waals surface area contributed by atoms with Crippen LogP contribution in [0.25, 0.3) is 22.2 Å². The van der Waals surface area contributed by atoms with Crippen LogP contribution >= 0.6 is 11.6 Å². The van der Waals surface area contributed by atoms with E-state index in [1.54, 1.807) is 63.8 Å². The molecule has 0 unspecified atom stereocenters. The molecule has 89 heavy (non-hydrogen) atoms. The number of hydrogen-bond acceptors (Lipinski definition) is 15. The summed E-state index contributed by atoms with van der Waals surface area (Å²) in [4.78, 5) is 28.9. The number of methoxy groups -OCH3 is 4. The molecule has 0 radical (unpaired) electrons. The van der Waals surface area contributed by atoms with Crippen molar-refractivity contribution in [3.63, 3.8) is 0 Å². The summed E-state index contributed by atoms with van der Waals surface area (Å²) in [5.74, 6) is 2.01. The SMILES string of the molecule is COc1ccc(CN(Cc2ccc(OC)cc2)c2cc(C)c(C(F)(F)F)c(-c3c(Cl)c4c5c(nc(OC[C@@H]6CC[C@H]7CN(CC(F)(F)F)CCN67)nc5c3F)N([C@H](C)c3cccnc3N(Cc3ccc(OC)cc3)Cc3ccc(OC)cc3)CCO4)n2)cc1. The number of hydrogen-bond donors (Lipinski definition) is 0. The van der Waals surface area contributed by atoms with Crippen molar-refractivity contribution in [3.8, 4) is 46.0 Å². The minimum absolute atomic E-state index is 0.0181. The Balaban J connectivity index is 1.05. The van der Waals surface area contributed by atoms with Crippen molar-refractivity contribution in [1.29, 1.82) is 0 Å². The van der Waals surface area contributed by atoms with Crippen LogP contribution in [0.2, 0.25) is 5.02 Å². The number of benzene rings is 5. The van der Waals surface area contributed by atoms with Crippen LogP contribution in [0, 0.1) is 12.7 Å². The van der Waals surface area contributed by atoms with Gasteiger partial charge in [-0.3, -0.25) is 9.80 Å². The molecular weight excluding hydrogens is 1180 g/mol. The molecule has 0 amide bonds. The third-order valence-electron chi connectivity index (χ3n) is 16.7. The Kier molecular flexibility index (Phi) is 18.5. The molecular formula is C66H67ClF7N9O6. The van der Waals surface area contributed by atoms with Crippen molar-refractivity contribution in [2.45, 2.75) is 83.3 Å². The second kappa shape index (κ2) is 26.4. The number of piperazine rings is 1. The van der Waals surface area contributed by atoms with Gasteiger partial charge in [-0.25, -0.2) is 14.4 Å². The lowest BCUT2D eigenvalue weighted by Crippen LogP contribution is -2.55. The predicted molar refractivity (Wildman–Crippen MR) is 326 cm³/mol. The number of halogens is 8. The van der Waals surface area contributed by atoms with Crippen molar-refractivity contribution in [2.75, 3.05) is 89.1 Å². The smallest absolute Gasteiger partial charge is 0.418 e. The Morgan fingerprint density at radius 1 is 0.697 bits per heavy atom. The zero-order chi connectivity index (χ0) is 62.7. The highest BCUT2D eigenvalue weighted by atomic mass is 35.5. The van der Waals surface area contributed by atoms with Crippen LogP contribution in [0.4, 0.5) is 48.2 Å². The van der Waals surface area contributed by atoms with E-state index in [0.29, 0.717) is 61.3 Å². The van der Waals surface area contributed by atoms with Gasteiger partial charge in [0.2, 0.25) is 0 Å². The van der Waals surface area contributed by atoms with Gasteiger partial charge >= 0.3 is 18.4 Å². The zero-order valence-electron chi connectivity index (χ0n) is 50.0. The fourth-order valence-electron chi connectivity index (χ4n) is 12.3. The quantitative estimate of drug-likeness (QED) is 0.0634. The lowest BCUT2D eigenvalue weighted by atomic mass is 9.98. The topological polar surface area (TPSA) is 123 Å². The standard InChI is InChI=1S/C66H67ClF7N9O6/c1-40-32-53(80(33-42-9-19-48(84-3)20-10-42)34-43-11-21-49(85-4)22-12-43)76-59(56(40)66(72,73)74)54-57(67)61-55-60(58(54)68)77-64(89-38-47-18-17-46-37-79(28-29-83(46)47)39-65(69,70)71)78-63(55)82(30-31-88-61)41(2)52-8-7-27-75-62(52)81(35-44-13-23-50(86-5)24-14-44)36-45-15-25-51(87-6)26-16-45/h7-16,19-27,32,41,46-47H,17-18,28-31,33-39H2,1-6H3/t41-,46+,47+/m1/s1. The molecule has 23 heteroatoms. The van der Waals surface area contributed by atoms with E-state index < -0.39 is 58.1 Å². The number of aryl methyl sites for hydroxylation is 1. The van der Waals surface area contributed by atoms with E-state index in [2.05, 4.69) is 9.80 Å². The molecule has 0 aliphatic carbocycles. The van der Waals surface area contributed by atoms with Crippen LogP contribution in [0.3, 0.4) is 0 Å². The highest BCUT2D eigenvalue weighted by molar-refractivity contribution is 6.36. The van der Waals surface area contributed by atoms with Gasteiger partial charge in [-0.2, -0.15) is 36.3 Å². The number of ether oxygens (including phenoxy) is 6. The van der Waals surface area contributed by atoms with E-state index in [4.69, 9.17) is 60.0 Å². The molecule has 0 bridgehead atoms. The van der Waals surface area contributed by atoms with Crippen LogP contribution in [0.1, 0.15) is 64.8 Å². The number of fused-ring (bicyclic) bond motifs is 1. The number of pyridine rings is 2. The Morgan fingerprint density at radius 3 is 1.78 bits per heavy atom. The maximum absolute atomic E-state index is 18.7. The molecule has 3 aliphatic heterocycles. The molecule has 15 nitrogen and oxygen atoms in total. The molecule has 2 saturated heterocycles. The molecule has 0 spiro atoms. The summed E-state index contributed by atoms with van der Waals surface area (Å²) < 4.78 is 142. The predicted octanol–water partition coefficient (Wildman–Crippen LogP) is 13.7. The third kappa shape index (κ3) is 13.8. The van der Waals surface area contributed by atoms with E-state index in [0.717, 1.165) is 27.8 Å². The van der Waals surface area contributed by atoms with Gasteiger partial charge < -0.3 is 43.1 Å². The van der Waals surface area contributed by atoms with E-state index in [-0.39, 0.29) is 92.4 Å². The van der Waals surface area contributed by atoms with E-state index in [1.807, 2.05) is 96.8 Å². The molecule has 2 fully saturated rings. The van der Waals surface area contributed by atoms with E-state index in [9.17, 15) is 13.2 Å². The summed E-state index contributed by atoms with van der Waals surface area (Å²) in [5, 5.41) is -0.501. The van der Waals surface area contributed by atoms with Gasteiger partial charge in [0.1, 0.15) is 59.2 Å². The molecule has 3 aliphatic rings. The van der Waals surface area contributed by atoms with Crippen molar-refractivity contribution < 1.29 is 59.2 Å². The first kappa shape index (κ1) is 62.3. The highest BCUT2D eigenvalue weighted by Crippen LogP contribution is 2.52. The Labute approximate surface area is 516 Å². The number of nitrogens with zero attached hydrogens (tertiary/aromatic N) is 9. The lowest BCUT2D eigenvalue weighted by Gasteiger charge is -2.40. The third-order valence-corrected chi connectivity index (χ3v) is 17.1. The molecule has 0 saturated carbocycles. The summed E-state index contributed by atoms with van der Waals surface area (Å²) in [6.07, 6.45) is -6.52. The molecule has 3 aromatic heterocycles. The van der Waals surface area contributed by atoms with Crippen molar-refractivity contribution in [2.24, 2.45) is 0 Å². The zero-order valence-corrected chi connectivity index (χ0v) is 50.7. The van der Waals surface area contributed by atoms with Crippen LogP contribution in [0.5, 0.6) is 34.8 Å². The van der Waals surface area contributed by atoms with Crippen LogP contribution in [0.15, 0.2) is 121 Å². The number of anilines is 3. The Bertz CT molecular complexity index is 3680. The lowest BCUT2D eigenvalue weighted by molar-refractivity contribution is -0.151. The van der Waals surface area contributed by atoms with Gasteiger partial charge in [-0.1, -0.05) is 66.2 Å². The van der Waals surface area contributed by atoms with Gasteiger partial charge in [0.25, 0.3) is 0 Å². The fraction of sp³-hybridized carbons (Fsp3) is 0.364. The summed E-state index contributed by atoms with van der Waals surface area (Å²) in [6.45, 7) is 4.10. The number of rotatable bonds is 21. The molecule has 0 N–H and O–H groups in total. The maximum Gasteiger partial charge on any atom is 0.418 e. The minimum Gasteiger partial charge on any atom is -0.497 e. The van der Waals surface area contributed by atoms with Gasteiger partial charge in [0.15, 0.2) is 11.6 Å². The van der Waals surface area contributed by atoms with Gasteiger partial charge in [0, 0.05) is 69.7 Å². The van der Waals surface area contributed by atoms with Crippen molar-refractivity contribution >= 4 is 40.0 Å². The monoisotopic (exact) mass is 1250 g/mol. The van der Waals surface area contributed by atoms with Crippen molar-refractivity contribution in [1.82, 2.24) is 29.7 Å². The van der Waals surface area contributed by atoms with Crippen molar-refractivity contribution in [3.05, 3.63) is 171 Å². The van der Waals surface area contributed by atoms with Gasteiger partial charge in [0.05, 0.1) is 74.8 Å². The first-order chi connectivity index (χ1) is 42.8. The summed E-state index contributed by atoms with van der Waals surface area (Å²) in [7, 11) is 6.29. The second-order valence-corrected chi connectivity index (χ2v) is 22.8. The summed E-state index contributed by atoms with van der Waals surface area (Å²) >= 11 is 7.41. The normalized spacial score (nSPS) is 16.5. The molecule has 5 aromatic carbocycles. The minimum atomic E-state index is -5.08. The second-order valence-electron chi connectivity index (χ2n) is 22.4. The molecule has 468 valence electrons. The van der Waals surface area contributed by atoms with Crippen LogP contribution in [-0.2, 0) is 32.4 Å². The van der Waals surface area contributed by atoms with Gasteiger partial charge in [-0.05, 0) is 115 Å². The molecule has 8 aromatic rings. The summed E-state index contributed by atoms with van der Waals surface area (Å²) in [5.41, 5.74) is 0.798. The first-order valence-corrected chi connectivity index (χ1v) is 29.5. The molecule has 11 rings (SSSR count). The Hall–Kier alpha value is -8.34. The first-order valence-electron chi connectivity index (χ1n) is 29.1. The fourth-order valence-corrected chi connectivity index (χ4v) is 12.6. The molecule has 6 heterocycles. The number of aromatic nitrogens is 4. The maximum atomic E-state index is 18.7. The average Bonchev–Trinajstić information content (AvgIpc) is 1.65. The Morgan fingerprint density at radius 2 is 1.25 bits per heavy atom. The number of alkyl halides is 6. The average molecular weight is 1250 g/mol. The van der Waals surface area contributed by atoms with E-state index >= 15 is 17.6 Å². The van der Waals surface area contributed by atoms with Crippen LogP contribution in [-0.4, -0.2) is 122 Å².